The number of hydrogen-bond acceptors (Lipinski definition) is 5. The van der Waals surface area contributed by atoms with E-state index in [2.05, 4.69) is 4.90 Å². The first-order valence-corrected chi connectivity index (χ1v) is 11.5. The number of aliphatic carboxylic acids is 1. The van der Waals surface area contributed by atoms with Gasteiger partial charge in [-0.05, 0) is 68.5 Å². The number of likely N-dealkylation sites (tertiary alicyclic amines) is 1. The molecule has 2 N–H and O–H groups in total. The monoisotopic (exact) mass is 459 g/mol. The number of hydrogen-bond donors (Lipinski definition) is 2. The molecular weight excluding hydrogens is 425 g/mol. The molecule has 0 bridgehead atoms. The van der Waals surface area contributed by atoms with Crippen LogP contribution in [0.1, 0.15) is 37.3 Å². The summed E-state index contributed by atoms with van der Waals surface area (Å²) in [7, 11) is 3.02. The number of para-hydroxylation sites is 1. The van der Waals surface area contributed by atoms with Crippen molar-refractivity contribution in [1.82, 2.24) is 4.90 Å². The summed E-state index contributed by atoms with van der Waals surface area (Å²) in [6, 6.07) is 11.8. The van der Waals surface area contributed by atoms with Gasteiger partial charge in [0.15, 0.2) is 11.5 Å². The fourth-order valence-electron chi connectivity index (χ4n) is 5.10. The lowest BCUT2D eigenvalue weighted by atomic mass is 9.67. The minimum Gasteiger partial charge on any atom is -0.493 e. The Hall–Kier alpha value is -2.64. The van der Waals surface area contributed by atoms with E-state index in [9.17, 15) is 19.4 Å². The van der Waals surface area contributed by atoms with Crippen LogP contribution in [0.2, 0.25) is 0 Å². The number of benzene rings is 2. The molecule has 3 rings (SSSR count). The molecule has 7 heteroatoms. The number of piperidine rings is 1. The SMILES string of the molecule is CCC(C(=O)O)C(O)(c1cccc(OC)c1OC)C1CCN(CCc2ccc(F)cc2)CC1. The summed E-state index contributed by atoms with van der Waals surface area (Å²) < 4.78 is 24.1. The standard InChI is InChI=1S/C26H34FNO5/c1-4-21(25(29)30)26(31,22-6-5-7-23(32-2)24(22)33-3)19-13-16-28(17-14-19)15-12-18-8-10-20(27)11-9-18/h5-11,19,21,31H,4,12-17H2,1-3H3,(H,29,30). The van der Waals surface area contributed by atoms with Crippen LogP contribution in [-0.4, -0.2) is 54.9 Å². The highest BCUT2D eigenvalue weighted by Gasteiger charge is 2.50. The van der Waals surface area contributed by atoms with Gasteiger partial charge < -0.3 is 24.6 Å². The van der Waals surface area contributed by atoms with Crippen molar-refractivity contribution in [2.45, 2.75) is 38.2 Å². The van der Waals surface area contributed by atoms with Crippen molar-refractivity contribution in [3.05, 3.63) is 59.4 Å². The van der Waals surface area contributed by atoms with Crippen LogP contribution in [0.3, 0.4) is 0 Å². The molecule has 0 aliphatic carbocycles. The van der Waals surface area contributed by atoms with Crippen molar-refractivity contribution in [2.75, 3.05) is 33.9 Å². The van der Waals surface area contributed by atoms with Gasteiger partial charge in [-0.15, -0.1) is 0 Å². The van der Waals surface area contributed by atoms with Crippen molar-refractivity contribution in [3.63, 3.8) is 0 Å². The van der Waals surface area contributed by atoms with Crippen molar-refractivity contribution >= 4 is 5.97 Å². The van der Waals surface area contributed by atoms with Gasteiger partial charge in [0.1, 0.15) is 11.4 Å². The predicted molar refractivity (Wildman–Crippen MR) is 124 cm³/mol. The van der Waals surface area contributed by atoms with Gasteiger partial charge in [0.2, 0.25) is 0 Å². The Morgan fingerprint density at radius 3 is 2.36 bits per heavy atom. The van der Waals surface area contributed by atoms with Gasteiger partial charge in [0.25, 0.3) is 0 Å². The van der Waals surface area contributed by atoms with Crippen LogP contribution >= 0.6 is 0 Å². The highest BCUT2D eigenvalue weighted by molar-refractivity contribution is 5.72. The van der Waals surface area contributed by atoms with Gasteiger partial charge in [-0.1, -0.05) is 31.2 Å². The maximum Gasteiger partial charge on any atom is 0.309 e. The van der Waals surface area contributed by atoms with E-state index < -0.39 is 17.5 Å². The van der Waals surface area contributed by atoms with Crippen LogP contribution in [0, 0.1) is 17.7 Å². The third-order valence-corrected chi connectivity index (χ3v) is 6.91. The van der Waals surface area contributed by atoms with Crippen LogP contribution in [0.4, 0.5) is 4.39 Å². The van der Waals surface area contributed by atoms with Gasteiger partial charge in [0, 0.05) is 12.1 Å². The number of carboxylic acids is 1. The first kappa shape index (κ1) is 25.0. The molecule has 6 nitrogen and oxygen atoms in total. The lowest BCUT2D eigenvalue weighted by molar-refractivity contribution is -0.162. The molecule has 2 unspecified atom stereocenters. The molecule has 1 saturated heterocycles. The van der Waals surface area contributed by atoms with Gasteiger partial charge in [-0.3, -0.25) is 4.79 Å². The number of rotatable bonds is 10. The largest absolute Gasteiger partial charge is 0.493 e. The van der Waals surface area contributed by atoms with Crippen molar-refractivity contribution in [2.24, 2.45) is 11.8 Å². The van der Waals surface area contributed by atoms with E-state index in [4.69, 9.17) is 9.47 Å². The maximum atomic E-state index is 13.1. The Kier molecular flexibility index (Phi) is 8.32. The molecule has 2 aromatic carbocycles. The molecule has 1 aliphatic rings. The molecule has 33 heavy (non-hydrogen) atoms. The first-order chi connectivity index (χ1) is 15.8. The van der Waals surface area contributed by atoms with E-state index >= 15 is 0 Å². The Morgan fingerprint density at radius 2 is 1.82 bits per heavy atom. The lowest BCUT2D eigenvalue weighted by Crippen LogP contribution is -2.50. The van der Waals surface area contributed by atoms with Crippen molar-refractivity contribution < 1.29 is 28.9 Å². The van der Waals surface area contributed by atoms with E-state index in [1.807, 2.05) is 0 Å². The molecule has 2 aromatic rings. The average Bonchev–Trinajstić information content (AvgIpc) is 2.83. The van der Waals surface area contributed by atoms with Crippen molar-refractivity contribution in [1.29, 1.82) is 0 Å². The number of carbonyl (C=O) groups is 1. The molecule has 1 heterocycles. The number of aliphatic hydroxyl groups is 1. The summed E-state index contributed by atoms with van der Waals surface area (Å²) >= 11 is 0. The molecule has 180 valence electrons. The summed E-state index contributed by atoms with van der Waals surface area (Å²) in [5.41, 5.74) is -0.0554. The summed E-state index contributed by atoms with van der Waals surface area (Å²) in [4.78, 5) is 14.5. The zero-order valence-electron chi connectivity index (χ0n) is 19.6. The minimum atomic E-state index is -1.59. The molecule has 0 aromatic heterocycles. The number of halogens is 1. The van der Waals surface area contributed by atoms with E-state index in [1.54, 1.807) is 37.3 Å². The number of nitrogens with zero attached hydrogens (tertiary/aromatic N) is 1. The topological polar surface area (TPSA) is 79.2 Å². The second kappa shape index (κ2) is 11.0. The van der Waals surface area contributed by atoms with Gasteiger partial charge in [-0.2, -0.15) is 0 Å². The molecule has 2 atom stereocenters. The van der Waals surface area contributed by atoms with E-state index in [0.717, 1.165) is 31.6 Å². The summed E-state index contributed by atoms with van der Waals surface area (Å²) in [5.74, 6) is -1.65. The fraction of sp³-hybridized carbons (Fsp3) is 0.500. The maximum absolute atomic E-state index is 13.1. The van der Waals surface area contributed by atoms with Gasteiger partial charge in [-0.25, -0.2) is 4.39 Å². The van der Waals surface area contributed by atoms with Gasteiger partial charge >= 0.3 is 5.97 Å². The Labute approximate surface area is 194 Å². The molecule has 0 spiro atoms. The molecule has 0 saturated carbocycles. The van der Waals surface area contributed by atoms with Crippen LogP contribution in [0.15, 0.2) is 42.5 Å². The molecule has 1 fully saturated rings. The normalized spacial score (nSPS) is 17.8. The van der Waals surface area contributed by atoms with Gasteiger partial charge in [0.05, 0.1) is 20.1 Å². The highest BCUT2D eigenvalue weighted by atomic mass is 19.1. The van der Waals surface area contributed by atoms with Crippen LogP contribution in [0.25, 0.3) is 0 Å². The zero-order chi connectivity index (χ0) is 24.0. The van der Waals surface area contributed by atoms with Crippen LogP contribution in [0.5, 0.6) is 11.5 Å². The zero-order valence-corrected chi connectivity index (χ0v) is 19.6. The van der Waals surface area contributed by atoms with E-state index in [0.29, 0.717) is 29.9 Å². The number of ether oxygens (including phenoxy) is 2. The third-order valence-electron chi connectivity index (χ3n) is 6.91. The molecule has 0 radical (unpaired) electrons. The Morgan fingerprint density at radius 1 is 1.15 bits per heavy atom. The summed E-state index contributed by atoms with van der Waals surface area (Å²) in [6.45, 7) is 4.11. The summed E-state index contributed by atoms with van der Waals surface area (Å²) in [5, 5.41) is 22.1. The lowest BCUT2D eigenvalue weighted by Gasteiger charge is -2.45. The molecular formula is C26H34FNO5. The second-order valence-electron chi connectivity index (χ2n) is 8.66. The first-order valence-electron chi connectivity index (χ1n) is 11.5. The quantitative estimate of drug-likeness (QED) is 0.557. The molecule has 0 amide bonds. The Bertz CT molecular complexity index is 927. The third kappa shape index (κ3) is 5.31. The second-order valence-corrected chi connectivity index (χ2v) is 8.66. The number of methoxy groups -OCH3 is 2. The molecule has 1 aliphatic heterocycles. The van der Waals surface area contributed by atoms with Crippen LogP contribution < -0.4 is 9.47 Å². The van der Waals surface area contributed by atoms with E-state index in [-0.39, 0.29) is 18.2 Å². The minimum absolute atomic E-state index is 0.240. The van der Waals surface area contributed by atoms with Crippen LogP contribution in [-0.2, 0) is 16.8 Å². The highest BCUT2D eigenvalue weighted by Crippen LogP contribution is 2.49. The smallest absolute Gasteiger partial charge is 0.309 e. The van der Waals surface area contributed by atoms with Crippen molar-refractivity contribution in [3.8, 4) is 11.5 Å². The fourth-order valence-corrected chi connectivity index (χ4v) is 5.10. The number of carboxylic acid groups (broad SMARTS) is 1. The van der Waals surface area contributed by atoms with E-state index in [1.165, 1.54) is 26.4 Å². The Balaban J connectivity index is 1.82. The average molecular weight is 460 g/mol. The predicted octanol–water partition coefficient (Wildman–Crippen LogP) is 4.10. The summed E-state index contributed by atoms with van der Waals surface area (Å²) in [6.07, 6.45) is 2.41.